The van der Waals surface area contributed by atoms with Crippen molar-refractivity contribution in [3.63, 3.8) is 0 Å². The first-order valence-corrected chi connectivity index (χ1v) is 10.2. The zero-order chi connectivity index (χ0) is 19.9. The van der Waals surface area contributed by atoms with E-state index in [1.54, 1.807) is 0 Å². The lowest BCUT2D eigenvalue weighted by Gasteiger charge is -2.22. The summed E-state index contributed by atoms with van der Waals surface area (Å²) >= 11 is 0. The minimum Gasteiger partial charge on any atom is -0.349 e. The van der Waals surface area contributed by atoms with Crippen LogP contribution in [0.25, 0.3) is 22.6 Å². The summed E-state index contributed by atoms with van der Waals surface area (Å²) in [5.74, 6) is 0.559. The molecule has 0 spiro atoms. The van der Waals surface area contributed by atoms with Crippen LogP contribution in [0.1, 0.15) is 74.5 Å². The first-order valence-electron chi connectivity index (χ1n) is 10.2. The highest BCUT2D eigenvalue weighted by molar-refractivity contribution is 6.01. The van der Waals surface area contributed by atoms with E-state index in [4.69, 9.17) is 4.98 Å². The van der Waals surface area contributed by atoms with Crippen molar-refractivity contribution in [1.82, 2.24) is 25.5 Å². The maximum atomic E-state index is 13.0. The van der Waals surface area contributed by atoms with Crippen LogP contribution in [0.15, 0.2) is 18.2 Å². The highest BCUT2D eigenvalue weighted by atomic mass is 16.1. The van der Waals surface area contributed by atoms with Crippen molar-refractivity contribution >= 4 is 16.9 Å². The molecule has 1 saturated carbocycles. The number of carbonyl (C=O) groups is 1. The van der Waals surface area contributed by atoms with Crippen molar-refractivity contribution in [1.29, 1.82) is 0 Å². The molecule has 1 fully saturated rings. The van der Waals surface area contributed by atoms with Gasteiger partial charge >= 0.3 is 0 Å². The molecular weight excluding hydrogens is 350 g/mol. The van der Waals surface area contributed by atoms with Crippen LogP contribution in [0.5, 0.6) is 0 Å². The lowest BCUT2D eigenvalue weighted by Crippen LogP contribution is -2.36. The largest absolute Gasteiger partial charge is 0.349 e. The summed E-state index contributed by atoms with van der Waals surface area (Å²) in [4.78, 5) is 21.0. The molecule has 0 aliphatic heterocycles. The number of aromatic nitrogens is 4. The molecule has 0 saturated heterocycles. The van der Waals surface area contributed by atoms with Gasteiger partial charge in [0.1, 0.15) is 5.69 Å². The van der Waals surface area contributed by atoms with Crippen molar-refractivity contribution in [3.05, 3.63) is 35.0 Å². The average molecular weight is 380 g/mol. The van der Waals surface area contributed by atoms with Gasteiger partial charge in [-0.1, -0.05) is 46.1 Å². The Balaban J connectivity index is 1.67. The molecule has 28 heavy (non-hydrogen) atoms. The Kier molecular flexibility index (Phi) is 4.73. The number of nitrogens with one attached hydrogen (secondary N) is 3. The number of rotatable bonds is 3. The van der Waals surface area contributed by atoms with E-state index in [0.29, 0.717) is 17.1 Å². The summed E-state index contributed by atoms with van der Waals surface area (Å²) in [5, 5.41) is 10.5. The second-order valence-electron chi connectivity index (χ2n) is 8.95. The lowest BCUT2D eigenvalue weighted by molar-refractivity contribution is 0.0928. The monoisotopic (exact) mass is 379 g/mol. The summed E-state index contributed by atoms with van der Waals surface area (Å²) in [6, 6.07) is 6.53. The molecule has 3 N–H and O–H groups in total. The van der Waals surface area contributed by atoms with E-state index >= 15 is 0 Å². The number of aromatic amines is 2. The zero-order valence-electron chi connectivity index (χ0n) is 17.1. The highest BCUT2D eigenvalue weighted by Crippen LogP contribution is 2.28. The zero-order valence-corrected chi connectivity index (χ0v) is 17.1. The normalized spacial score (nSPS) is 15.9. The highest BCUT2D eigenvalue weighted by Gasteiger charge is 2.25. The lowest BCUT2D eigenvalue weighted by atomic mass is 9.87. The minimum atomic E-state index is -0.0658. The van der Waals surface area contributed by atoms with Gasteiger partial charge in [0.25, 0.3) is 5.91 Å². The van der Waals surface area contributed by atoms with E-state index in [-0.39, 0.29) is 17.4 Å². The van der Waals surface area contributed by atoms with Gasteiger partial charge in [0.15, 0.2) is 5.82 Å². The quantitative estimate of drug-likeness (QED) is 0.620. The van der Waals surface area contributed by atoms with Crippen molar-refractivity contribution < 1.29 is 4.79 Å². The molecule has 0 unspecified atom stereocenters. The fraction of sp³-hybridized carbons (Fsp3) is 0.500. The van der Waals surface area contributed by atoms with Crippen LogP contribution < -0.4 is 5.32 Å². The van der Waals surface area contributed by atoms with Gasteiger partial charge in [0.05, 0.1) is 16.6 Å². The van der Waals surface area contributed by atoms with Crippen LogP contribution in [0.4, 0.5) is 0 Å². The topological polar surface area (TPSA) is 86.5 Å². The van der Waals surface area contributed by atoms with Crippen LogP contribution in [-0.2, 0) is 5.41 Å². The first-order chi connectivity index (χ1) is 13.3. The SMILES string of the molecule is Cc1[nH]nc(-c2nc3ccc(C(C)(C)C)cc3[nH]2)c1C(=O)NC1CCCCC1. The number of amides is 1. The molecule has 1 aromatic carbocycles. The molecule has 0 bridgehead atoms. The summed E-state index contributed by atoms with van der Waals surface area (Å²) in [7, 11) is 0. The maximum absolute atomic E-state index is 13.0. The molecule has 1 aliphatic rings. The maximum Gasteiger partial charge on any atom is 0.255 e. The number of hydrogen-bond donors (Lipinski definition) is 3. The molecule has 4 rings (SSSR count). The number of fused-ring (bicyclic) bond motifs is 1. The number of hydrogen-bond acceptors (Lipinski definition) is 3. The molecular formula is C22H29N5O. The summed E-state index contributed by atoms with van der Waals surface area (Å²) in [5.41, 5.74) is 5.07. The van der Waals surface area contributed by atoms with Crippen LogP contribution in [0.3, 0.4) is 0 Å². The van der Waals surface area contributed by atoms with Crippen molar-refractivity contribution in [2.24, 2.45) is 0 Å². The number of carbonyl (C=O) groups excluding carboxylic acids is 1. The fourth-order valence-electron chi connectivity index (χ4n) is 3.97. The van der Waals surface area contributed by atoms with Crippen LogP contribution in [0.2, 0.25) is 0 Å². The molecule has 2 heterocycles. The van der Waals surface area contributed by atoms with E-state index in [0.717, 1.165) is 29.6 Å². The molecule has 148 valence electrons. The summed E-state index contributed by atoms with van der Waals surface area (Å²) in [6.45, 7) is 8.45. The number of aryl methyl sites for hydroxylation is 1. The second-order valence-corrected chi connectivity index (χ2v) is 8.95. The van der Waals surface area contributed by atoms with E-state index in [9.17, 15) is 4.79 Å². The van der Waals surface area contributed by atoms with E-state index in [1.807, 2.05) is 13.0 Å². The number of H-pyrrole nitrogens is 2. The van der Waals surface area contributed by atoms with Gasteiger partial charge in [-0.3, -0.25) is 9.89 Å². The van der Waals surface area contributed by atoms with Gasteiger partial charge in [0.2, 0.25) is 0 Å². The van der Waals surface area contributed by atoms with Crippen LogP contribution in [0, 0.1) is 6.92 Å². The molecule has 1 aliphatic carbocycles. The third kappa shape index (κ3) is 3.55. The van der Waals surface area contributed by atoms with Crippen LogP contribution in [-0.4, -0.2) is 32.1 Å². The van der Waals surface area contributed by atoms with E-state index in [2.05, 4.69) is 53.4 Å². The fourth-order valence-corrected chi connectivity index (χ4v) is 3.97. The third-order valence-electron chi connectivity index (χ3n) is 5.69. The van der Waals surface area contributed by atoms with Gasteiger partial charge < -0.3 is 10.3 Å². The number of nitrogens with zero attached hydrogens (tertiary/aromatic N) is 2. The molecule has 1 amide bonds. The average Bonchev–Trinajstić information content (AvgIpc) is 3.24. The van der Waals surface area contributed by atoms with Gasteiger partial charge in [-0.15, -0.1) is 0 Å². The van der Waals surface area contributed by atoms with Gasteiger partial charge in [0, 0.05) is 11.7 Å². The van der Waals surface area contributed by atoms with E-state index < -0.39 is 0 Å². The van der Waals surface area contributed by atoms with Crippen molar-refractivity contribution in [2.75, 3.05) is 0 Å². The van der Waals surface area contributed by atoms with Crippen molar-refractivity contribution in [2.45, 2.75) is 71.3 Å². The Hall–Kier alpha value is -2.63. The molecule has 2 aromatic heterocycles. The van der Waals surface area contributed by atoms with Gasteiger partial charge in [-0.2, -0.15) is 5.10 Å². The standard InChI is InChI=1S/C22H29N5O/c1-13-18(21(28)23-15-8-6-5-7-9-15)19(27-26-13)20-24-16-11-10-14(22(2,3)4)12-17(16)25-20/h10-12,15H,5-9H2,1-4H3,(H,23,28)(H,24,25)(H,26,27). The van der Waals surface area contributed by atoms with Gasteiger partial charge in [-0.25, -0.2) is 4.98 Å². The van der Waals surface area contributed by atoms with Crippen molar-refractivity contribution in [3.8, 4) is 11.5 Å². The number of imidazole rings is 1. The first kappa shape index (κ1) is 18.7. The van der Waals surface area contributed by atoms with Gasteiger partial charge in [-0.05, 0) is 42.9 Å². The summed E-state index contributed by atoms with van der Waals surface area (Å²) in [6.07, 6.45) is 5.73. The molecule has 0 atom stereocenters. The van der Waals surface area contributed by atoms with E-state index in [1.165, 1.54) is 24.8 Å². The molecule has 3 aromatic rings. The predicted molar refractivity (Wildman–Crippen MR) is 111 cm³/mol. The smallest absolute Gasteiger partial charge is 0.255 e. The Labute approximate surface area is 165 Å². The molecule has 6 heteroatoms. The minimum absolute atomic E-state index is 0.0629. The Morgan fingerprint density at radius 2 is 1.93 bits per heavy atom. The Morgan fingerprint density at radius 1 is 1.18 bits per heavy atom. The molecule has 6 nitrogen and oxygen atoms in total. The molecule has 0 radical (unpaired) electrons. The third-order valence-corrected chi connectivity index (χ3v) is 5.69. The summed E-state index contributed by atoms with van der Waals surface area (Å²) < 4.78 is 0. The predicted octanol–water partition coefficient (Wildman–Crippen LogP) is 4.62. The second kappa shape index (κ2) is 7.08. The Bertz CT molecular complexity index is 1000. The Morgan fingerprint density at radius 3 is 2.64 bits per heavy atom. The van der Waals surface area contributed by atoms with Crippen LogP contribution >= 0.6 is 0 Å². The number of benzene rings is 1.